The lowest BCUT2D eigenvalue weighted by molar-refractivity contribution is -0.183. The minimum atomic E-state index is -4.50. The molecule has 0 aliphatic carbocycles. The van der Waals surface area contributed by atoms with Crippen molar-refractivity contribution < 1.29 is 32.5 Å². The predicted octanol–water partition coefficient (Wildman–Crippen LogP) is 2.17. The van der Waals surface area contributed by atoms with Crippen molar-refractivity contribution in [3.63, 3.8) is 0 Å². The predicted molar refractivity (Wildman–Crippen MR) is 97.2 cm³/mol. The highest BCUT2D eigenvalue weighted by Gasteiger charge is 2.52. The van der Waals surface area contributed by atoms with Gasteiger partial charge in [0.2, 0.25) is 0 Å². The first-order chi connectivity index (χ1) is 13.8. The Hall–Kier alpha value is -1.88. The van der Waals surface area contributed by atoms with E-state index in [2.05, 4.69) is 15.5 Å². The standard InChI is InChI=1S/C19H24F3N3O4/c20-19(21,22)11-5-4-6-12(9-11)23-18(27)24-14-13-10-28-17(29-13)15(16(14)26)25-7-2-1-3-8-25/h4-6,9,13-17,26H,1-3,7-8,10H2,(H2,23,24,27)/t13-,14-,15+,16-,17+/m0/s1. The molecule has 3 N–H and O–H groups in total. The summed E-state index contributed by atoms with van der Waals surface area (Å²) in [4.78, 5) is 14.5. The van der Waals surface area contributed by atoms with Crippen LogP contribution in [0, 0.1) is 0 Å². The number of urea groups is 1. The van der Waals surface area contributed by atoms with E-state index in [1.807, 2.05) is 0 Å². The van der Waals surface area contributed by atoms with Gasteiger partial charge in [-0.25, -0.2) is 4.79 Å². The van der Waals surface area contributed by atoms with Gasteiger partial charge in [0.05, 0.1) is 30.4 Å². The van der Waals surface area contributed by atoms with E-state index in [0.29, 0.717) is 0 Å². The van der Waals surface area contributed by atoms with E-state index >= 15 is 0 Å². The molecule has 3 aliphatic heterocycles. The summed E-state index contributed by atoms with van der Waals surface area (Å²) < 4.78 is 50.1. The summed E-state index contributed by atoms with van der Waals surface area (Å²) in [6.07, 6.45) is -3.29. The van der Waals surface area contributed by atoms with Crippen molar-refractivity contribution in [2.24, 2.45) is 0 Å². The lowest BCUT2D eigenvalue weighted by Gasteiger charge is -2.45. The van der Waals surface area contributed by atoms with Gasteiger partial charge in [0, 0.05) is 5.69 Å². The monoisotopic (exact) mass is 415 g/mol. The largest absolute Gasteiger partial charge is 0.416 e. The number of amides is 2. The summed E-state index contributed by atoms with van der Waals surface area (Å²) >= 11 is 0. The third-order valence-corrected chi connectivity index (χ3v) is 5.69. The Morgan fingerprint density at radius 3 is 2.69 bits per heavy atom. The van der Waals surface area contributed by atoms with Crippen LogP contribution in [0.15, 0.2) is 24.3 Å². The topological polar surface area (TPSA) is 83.1 Å². The van der Waals surface area contributed by atoms with E-state index in [1.165, 1.54) is 12.1 Å². The van der Waals surface area contributed by atoms with Crippen LogP contribution in [0.2, 0.25) is 0 Å². The molecule has 1 aromatic carbocycles. The third kappa shape index (κ3) is 4.35. The Labute approximate surface area is 166 Å². The Balaban J connectivity index is 1.43. The zero-order valence-electron chi connectivity index (χ0n) is 15.7. The number of nitrogens with one attached hydrogen (secondary N) is 2. The number of aliphatic hydroxyl groups excluding tert-OH is 1. The molecular weight excluding hydrogens is 391 g/mol. The van der Waals surface area contributed by atoms with Gasteiger partial charge in [-0.2, -0.15) is 13.2 Å². The molecule has 3 saturated heterocycles. The summed E-state index contributed by atoms with van der Waals surface area (Å²) in [6, 6.07) is 2.55. The van der Waals surface area contributed by atoms with E-state index < -0.39 is 48.4 Å². The van der Waals surface area contributed by atoms with Crippen LogP contribution < -0.4 is 10.6 Å². The van der Waals surface area contributed by atoms with Crippen molar-refractivity contribution in [2.45, 2.75) is 56.0 Å². The fourth-order valence-corrected chi connectivity index (χ4v) is 4.28. The number of anilines is 1. The van der Waals surface area contributed by atoms with E-state index in [9.17, 15) is 23.1 Å². The van der Waals surface area contributed by atoms with Crippen molar-refractivity contribution in [3.8, 4) is 0 Å². The zero-order chi connectivity index (χ0) is 20.6. The van der Waals surface area contributed by atoms with Crippen molar-refractivity contribution in [1.82, 2.24) is 10.2 Å². The Morgan fingerprint density at radius 2 is 1.97 bits per heavy atom. The summed E-state index contributed by atoms with van der Waals surface area (Å²) in [5, 5.41) is 16.0. The number of fused-ring (bicyclic) bond motifs is 2. The van der Waals surface area contributed by atoms with Crippen LogP contribution in [0.4, 0.5) is 23.7 Å². The quantitative estimate of drug-likeness (QED) is 0.705. The second-order valence-electron chi connectivity index (χ2n) is 7.66. The molecule has 0 unspecified atom stereocenters. The minimum Gasteiger partial charge on any atom is -0.389 e. The van der Waals surface area contributed by atoms with Crippen LogP contribution in [-0.4, -0.2) is 66.3 Å². The van der Waals surface area contributed by atoms with Crippen LogP contribution in [0.3, 0.4) is 0 Å². The maximum atomic E-state index is 12.9. The van der Waals surface area contributed by atoms with Gasteiger partial charge >= 0.3 is 12.2 Å². The molecule has 0 spiro atoms. The lowest BCUT2D eigenvalue weighted by Crippen LogP contribution is -2.66. The van der Waals surface area contributed by atoms with Gasteiger partial charge in [0.15, 0.2) is 6.29 Å². The highest BCUT2D eigenvalue weighted by molar-refractivity contribution is 5.89. The fraction of sp³-hybridized carbons (Fsp3) is 0.632. The molecule has 3 heterocycles. The Bertz CT molecular complexity index is 742. The van der Waals surface area contributed by atoms with Gasteiger partial charge < -0.3 is 25.2 Å². The summed E-state index contributed by atoms with van der Waals surface area (Å²) in [5.74, 6) is 0. The van der Waals surface area contributed by atoms with Crippen LogP contribution >= 0.6 is 0 Å². The number of rotatable bonds is 3. The zero-order valence-corrected chi connectivity index (χ0v) is 15.7. The van der Waals surface area contributed by atoms with E-state index in [1.54, 1.807) is 0 Å². The van der Waals surface area contributed by atoms with Gasteiger partial charge in [-0.05, 0) is 44.1 Å². The number of benzene rings is 1. The van der Waals surface area contributed by atoms with Crippen molar-refractivity contribution in [2.75, 3.05) is 25.0 Å². The molecule has 5 atom stereocenters. The Morgan fingerprint density at radius 1 is 1.21 bits per heavy atom. The number of hydrogen-bond donors (Lipinski definition) is 3. The van der Waals surface area contributed by atoms with Gasteiger partial charge in [-0.3, -0.25) is 4.90 Å². The SMILES string of the molecule is O=C(Nc1cccc(C(F)(F)F)c1)N[C@@H]1[C@H](O)[C@@H](N2CCCCC2)[C@@H]2OC[C@@H]1O2. The maximum absolute atomic E-state index is 12.9. The average Bonchev–Trinajstić information content (AvgIpc) is 3.11. The molecule has 10 heteroatoms. The van der Waals surface area contributed by atoms with Crippen LogP contribution in [0.1, 0.15) is 24.8 Å². The molecule has 160 valence electrons. The second kappa shape index (κ2) is 8.10. The summed E-state index contributed by atoms with van der Waals surface area (Å²) in [5.41, 5.74) is -0.842. The average molecular weight is 415 g/mol. The number of alkyl halides is 3. The second-order valence-corrected chi connectivity index (χ2v) is 7.66. The third-order valence-electron chi connectivity index (χ3n) is 5.69. The first-order valence-corrected chi connectivity index (χ1v) is 9.77. The first kappa shape index (κ1) is 20.4. The smallest absolute Gasteiger partial charge is 0.389 e. The van der Waals surface area contributed by atoms with Gasteiger partial charge in [0.1, 0.15) is 6.10 Å². The number of hydrogen-bond acceptors (Lipinski definition) is 5. The van der Waals surface area contributed by atoms with Gasteiger partial charge in [-0.1, -0.05) is 12.5 Å². The maximum Gasteiger partial charge on any atom is 0.416 e. The molecule has 0 radical (unpaired) electrons. The van der Waals surface area contributed by atoms with Crippen molar-refractivity contribution in [3.05, 3.63) is 29.8 Å². The number of likely N-dealkylation sites (tertiary alicyclic amines) is 1. The number of aliphatic hydroxyl groups is 1. The number of ether oxygens (including phenoxy) is 2. The molecule has 0 saturated carbocycles. The fourth-order valence-electron chi connectivity index (χ4n) is 4.28. The number of halogens is 3. The molecule has 2 amide bonds. The van der Waals surface area contributed by atoms with Crippen molar-refractivity contribution in [1.29, 1.82) is 0 Å². The molecule has 29 heavy (non-hydrogen) atoms. The van der Waals surface area contributed by atoms with Crippen LogP contribution in [0.25, 0.3) is 0 Å². The number of piperidine rings is 1. The number of carbonyl (C=O) groups excluding carboxylic acids is 1. The molecule has 1 aromatic rings. The Kier molecular flexibility index (Phi) is 5.69. The summed E-state index contributed by atoms with van der Waals surface area (Å²) in [7, 11) is 0. The van der Waals surface area contributed by atoms with Gasteiger partial charge in [0.25, 0.3) is 0 Å². The van der Waals surface area contributed by atoms with Crippen LogP contribution in [0.5, 0.6) is 0 Å². The van der Waals surface area contributed by atoms with E-state index in [0.717, 1.165) is 44.5 Å². The highest BCUT2D eigenvalue weighted by atomic mass is 19.4. The van der Waals surface area contributed by atoms with Crippen molar-refractivity contribution >= 4 is 11.7 Å². The number of carbonyl (C=O) groups is 1. The highest BCUT2D eigenvalue weighted by Crippen LogP contribution is 2.33. The first-order valence-electron chi connectivity index (χ1n) is 9.77. The lowest BCUT2D eigenvalue weighted by atomic mass is 9.93. The van der Waals surface area contributed by atoms with Gasteiger partial charge in [-0.15, -0.1) is 0 Å². The molecule has 2 bridgehead atoms. The molecule has 4 rings (SSSR count). The molecule has 7 nitrogen and oxygen atoms in total. The molecule has 0 aromatic heterocycles. The van der Waals surface area contributed by atoms with E-state index in [4.69, 9.17) is 9.47 Å². The summed E-state index contributed by atoms with van der Waals surface area (Å²) in [6.45, 7) is 1.87. The molecule has 3 fully saturated rings. The van der Waals surface area contributed by atoms with E-state index in [-0.39, 0.29) is 12.3 Å². The molecular formula is C19H24F3N3O4. The number of nitrogens with zero attached hydrogens (tertiary/aromatic N) is 1. The normalized spacial score (nSPS) is 32.8. The molecule has 3 aliphatic rings. The van der Waals surface area contributed by atoms with Crippen LogP contribution in [-0.2, 0) is 15.7 Å². The minimum absolute atomic E-state index is 0.0108.